The van der Waals surface area contributed by atoms with Crippen LogP contribution in [0.15, 0.2) is 52.3 Å². The molecule has 0 aromatic heterocycles. The van der Waals surface area contributed by atoms with Crippen molar-refractivity contribution in [2.45, 2.75) is 49.6 Å². The zero-order chi connectivity index (χ0) is 15.5. The second-order valence-corrected chi connectivity index (χ2v) is 7.83. The molecule has 0 bridgehead atoms. The van der Waals surface area contributed by atoms with Crippen molar-refractivity contribution in [3.63, 3.8) is 0 Å². The summed E-state index contributed by atoms with van der Waals surface area (Å²) in [6.07, 6.45) is 0. The smallest absolute Gasteiger partial charge is 0.0462 e. The van der Waals surface area contributed by atoms with Crippen molar-refractivity contribution in [3.8, 4) is 0 Å². The highest BCUT2D eigenvalue weighted by Crippen LogP contribution is 2.31. The third-order valence-electron chi connectivity index (χ3n) is 3.06. The zero-order valence-electron chi connectivity index (χ0n) is 13.0. The minimum Gasteiger partial charge on any atom is -0.308 e. The summed E-state index contributed by atoms with van der Waals surface area (Å²) >= 11 is 8.15. The fraction of sp³-hybridized carbons (Fsp3) is 0.333. The van der Waals surface area contributed by atoms with E-state index in [0.717, 1.165) is 17.1 Å². The summed E-state index contributed by atoms with van der Waals surface area (Å²) in [5, 5.41) is 4.29. The fourth-order valence-electron chi connectivity index (χ4n) is 1.91. The van der Waals surface area contributed by atoms with Crippen LogP contribution in [0.5, 0.6) is 0 Å². The number of aryl methyl sites for hydroxylation is 1. The summed E-state index contributed by atoms with van der Waals surface area (Å²) in [5.74, 6) is 0. The van der Waals surface area contributed by atoms with E-state index in [0.29, 0.717) is 0 Å². The number of nitrogens with one attached hydrogen (secondary N) is 1. The van der Waals surface area contributed by atoms with Gasteiger partial charge in [0.2, 0.25) is 0 Å². The molecule has 21 heavy (non-hydrogen) atoms. The quantitative estimate of drug-likeness (QED) is 0.777. The second kappa shape index (κ2) is 6.87. The lowest BCUT2D eigenvalue weighted by molar-refractivity contribution is 0.424. The van der Waals surface area contributed by atoms with E-state index in [-0.39, 0.29) is 5.54 Å². The van der Waals surface area contributed by atoms with Gasteiger partial charge in [0.05, 0.1) is 0 Å². The summed E-state index contributed by atoms with van der Waals surface area (Å²) in [4.78, 5) is 2.41. The largest absolute Gasteiger partial charge is 0.308 e. The highest BCUT2D eigenvalue weighted by Gasteiger charge is 2.10. The number of halogens is 1. The van der Waals surface area contributed by atoms with Gasteiger partial charge in [-0.25, -0.2) is 0 Å². The number of benzene rings is 2. The van der Waals surface area contributed by atoms with Gasteiger partial charge in [-0.3, -0.25) is 0 Å². The van der Waals surface area contributed by atoms with Crippen LogP contribution in [0.2, 0.25) is 5.02 Å². The molecule has 0 heterocycles. The Morgan fingerprint density at radius 2 is 1.76 bits per heavy atom. The molecule has 0 amide bonds. The van der Waals surface area contributed by atoms with Crippen molar-refractivity contribution >= 4 is 23.4 Å². The lowest BCUT2D eigenvalue weighted by Crippen LogP contribution is -2.35. The molecular formula is C18H22ClNS. The average Bonchev–Trinajstić information content (AvgIpc) is 2.36. The molecule has 0 atom stereocenters. The molecule has 0 aliphatic heterocycles. The maximum Gasteiger partial charge on any atom is 0.0462 e. The molecule has 2 aromatic rings. The van der Waals surface area contributed by atoms with Crippen LogP contribution in [0, 0.1) is 6.92 Å². The highest BCUT2D eigenvalue weighted by atomic mass is 35.5. The molecule has 1 N–H and O–H groups in total. The van der Waals surface area contributed by atoms with Gasteiger partial charge in [0.1, 0.15) is 0 Å². The molecule has 2 rings (SSSR count). The molecule has 112 valence electrons. The normalized spacial score (nSPS) is 11.7. The Hall–Kier alpha value is -0.960. The van der Waals surface area contributed by atoms with E-state index in [1.54, 1.807) is 11.8 Å². The van der Waals surface area contributed by atoms with Crippen molar-refractivity contribution in [2.75, 3.05) is 0 Å². The van der Waals surface area contributed by atoms with Crippen molar-refractivity contribution < 1.29 is 0 Å². The van der Waals surface area contributed by atoms with Crippen LogP contribution in [0.1, 0.15) is 31.9 Å². The van der Waals surface area contributed by atoms with Gasteiger partial charge in [-0.15, -0.1) is 0 Å². The third-order valence-corrected chi connectivity index (χ3v) is 4.39. The van der Waals surface area contributed by atoms with Crippen molar-refractivity contribution in [3.05, 3.63) is 58.6 Å². The van der Waals surface area contributed by atoms with E-state index in [1.807, 2.05) is 6.07 Å². The second-order valence-electron chi connectivity index (χ2n) is 6.28. The summed E-state index contributed by atoms with van der Waals surface area (Å²) in [5.41, 5.74) is 2.51. The Balaban J connectivity index is 2.08. The van der Waals surface area contributed by atoms with E-state index in [1.165, 1.54) is 15.4 Å². The fourth-order valence-corrected chi connectivity index (χ4v) is 3.20. The summed E-state index contributed by atoms with van der Waals surface area (Å²) < 4.78 is 0. The molecule has 0 fully saturated rings. The van der Waals surface area contributed by atoms with Gasteiger partial charge in [-0.1, -0.05) is 47.1 Å². The van der Waals surface area contributed by atoms with E-state index in [4.69, 9.17) is 11.6 Å². The molecule has 0 unspecified atom stereocenters. The lowest BCUT2D eigenvalue weighted by atomic mass is 10.1. The Morgan fingerprint density at radius 3 is 2.38 bits per heavy atom. The first-order valence-corrected chi connectivity index (χ1v) is 8.31. The molecule has 0 aliphatic rings. The minimum absolute atomic E-state index is 0.0956. The molecule has 0 saturated heterocycles. The third kappa shape index (κ3) is 5.39. The van der Waals surface area contributed by atoms with Crippen LogP contribution >= 0.6 is 23.4 Å². The van der Waals surface area contributed by atoms with Gasteiger partial charge >= 0.3 is 0 Å². The van der Waals surface area contributed by atoms with Gasteiger partial charge in [0, 0.05) is 26.9 Å². The molecule has 0 aliphatic carbocycles. The molecule has 0 saturated carbocycles. The Labute approximate surface area is 137 Å². The maximum atomic E-state index is 6.40. The van der Waals surface area contributed by atoms with Crippen molar-refractivity contribution in [1.82, 2.24) is 5.32 Å². The van der Waals surface area contributed by atoms with E-state index in [2.05, 4.69) is 69.4 Å². The van der Waals surface area contributed by atoms with Gasteiger partial charge in [-0.2, -0.15) is 0 Å². The summed E-state index contributed by atoms with van der Waals surface area (Å²) in [6.45, 7) is 9.37. The van der Waals surface area contributed by atoms with Crippen LogP contribution in [-0.4, -0.2) is 5.54 Å². The number of rotatable bonds is 4. The Kier molecular flexibility index (Phi) is 5.37. The first-order valence-electron chi connectivity index (χ1n) is 7.11. The molecular weight excluding hydrogens is 298 g/mol. The molecule has 0 spiro atoms. The maximum absolute atomic E-state index is 6.40. The predicted molar refractivity (Wildman–Crippen MR) is 93.3 cm³/mol. The molecule has 0 radical (unpaired) electrons. The predicted octanol–water partition coefficient (Wildman–Crippen LogP) is 5.69. The van der Waals surface area contributed by atoms with Crippen LogP contribution in [0.25, 0.3) is 0 Å². The van der Waals surface area contributed by atoms with Crippen LogP contribution < -0.4 is 5.32 Å². The number of hydrogen-bond donors (Lipinski definition) is 1. The van der Waals surface area contributed by atoms with Crippen molar-refractivity contribution in [1.29, 1.82) is 0 Å². The van der Waals surface area contributed by atoms with Gasteiger partial charge in [0.15, 0.2) is 0 Å². The Morgan fingerprint density at radius 1 is 1.05 bits per heavy atom. The van der Waals surface area contributed by atoms with E-state index in [9.17, 15) is 0 Å². The van der Waals surface area contributed by atoms with E-state index < -0.39 is 0 Å². The van der Waals surface area contributed by atoms with Gasteiger partial charge in [-0.05, 0) is 57.5 Å². The first kappa shape index (κ1) is 16.4. The average molecular weight is 320 g/mol. The molecule has 3 heteroatoms. The topological polar surface area (TPSA) is 12.0 Å². The molecule has 1 nitrogen and oxygen atoms in total. The summed E-state index contributed by atoms with van der Waals surface area (Å²) in [6, 6.07) is 14.8. The first-order chi connectivity index (χ1) is 9.83. The number of hydrogen-bond acceptors (Lipinski definition) is 2. The minimum atomic E-state index is 0.0956. The van der Waals surface area contributed by atoms with Gasteiger partial charge < -0.3 is 5.32 Å². The van der Waals surface area contributed by atoms with Crippen LogP contribution in [0.4, 0.5) is 0 Å². The Bertz CT molecular complexity index is 617. The van der Waals surface area contributed by atoms with Crippen LogP contribution in [0.3, 0.4) is 0 Å². The lowest BCUT2D eigenvalue weighted by Gasteiger charge is -2.21. The van der Waals surface area contributed by atoms with Crippen LogP contribution in [-0.2, 0) is 6.54 Å². The zero-order valence-corrected chi connectivity index (χ0v) is 14.6. The highest BCUT2D eigenvalue weighted by molar-refractivity contribution is 7.99. The van der Waals surface area contributed by atoms with Gasteiger partial charge in [0.25, 0.3) is 0 Å². The standard InChI is InChI=1S/C18H22ClNS/c1-13-6-5-7-15(10-13)21-16-9-8-14(17(19)11-16)12-20-18(2,3)4/h5-11,20H,12H2,1-4H3. The van der Waals surface area contributed by atoms with Crippen molar-refractivity contribution in [2.24, 2.45) is 0 Å². The SMILES string of the molecule is Cc1cccc(Sc2ccc(CNC(C)(C)C)c(Cl)c2)c1. The van der Waals surface area contributed by atoms with E-state index >= 15 is 0 Å². The monoisotopic (exact) mass is 319 g/mol. The summed E-state index contributed by atoms with van der Waals surface area (Å²) in [7, 11) is 0. The molecule has 2 aromatic carbocycles.